The molecule has 0 radical (unpaired) electrons. The van der Waals surface area contributed by atoms with E-state index in [9.17, 15) is 9.18 Å². The van der Waals surface area contributed by atoms with E-state index in [2.05, 4.69) is 5.32 Å². The highest BCUT2D eigenvalue weighted by atomic mass is 35.5. The Balaban J connectivity index is 0.00000256. The van der Waals surface area contributed by atoms with Gasteiger partial charge < -0.3 is 11.1 Å². The molecule has 0 aliphatic rings. The second kappa shape index (κ2) is 7.48. The molecule has 1 amide bonds. The SMILES string of the molecule is CCCC(N)C(=O)Nc1ccc(Cl)c(F)c1.Cl. The number of carbonyl (C=O) groups excluding carboxylic acids is 1. The summed E-state index contributed by atoms with van der Waals surface area (Å²) in [6, 6.07) is 3.52. The summed E-state index contributed by atoms with van der Waals surface area (Å²) in [5.41, 5.74) is 5.97. The minimum atomic E-state index is -0.566. The van der Waals surface area contributed by atoms with Crippen molar-refractivity contribution >= 4 is 35.6 Å². The van der Waals surface area contributed by atoms with E-state index < -0.39 is 11.9 Å². The van der Waals surface area contributed by atoms with Crippen molar-refractivity contribution in [2.75, 3.05) is 5.32 Å². The molecule has 0 aliphatic carbocycles. The molecule has 0 spiro atoms. The van der Waals surface area contributed by atoms with Crippen molar-refractivity contribution in [3.05, 3.63) is 29.0 Å². The third kappa shape index (κ3) is 4.89. The fourth-order valence-corrected chi connectivity index (χ4v) is 1.37. The number of halogens is 3. The summed E-state index contributed by atoms with van der Waals surface area (Å²) in [5, 5.41) is 2.56. The zero-order valence-electron chi connectivity index (χ0n) is 9.37. The minimum Gasteiger partial charge on any atom is -0.325 e. The zero-order chi connectivity index (χ0) is 12.1. The Kier molecular flexibility index (Phi) is 7.11. The number of anilines is 1. The van der Waals surface area contributed by atoms with Gasteiger partial charge in [0.25, 0.3) is 0 Å². The zero-order valence-corrected chi connectivity index (χ0v) is 10.9. The number of hydrogen-bond acceptors (Lipinski definition) is 2. The molecule has 0 fully saturated rings. The topological polar surface area (TPSA) is 55.1 Å². The summed E-state index contributed by atoms with van der Waals surface area (Å²) in [4.78, 5) is 11.5. The molecule has 1 atom stereocenters. The number of carbonyl (C=O) groups is 1. The summed E-state index contributed by atoms with van der Waals surface area (Å²) in [6.07, 6.45) is 1.42. The van der Waals surface area contributed by atoms with Gasteiger partial charge in [-0.1, -0.05) is 24.9 Å². The van der Waals surface area contributed by atoms with Gasteiger partial charge in [0.05, 0.1) is 11.1 Å². The summed E-state index contributed by atoms with van der Waals surface area (Å²) < 4.78 is 13.1. The Morgan fingerprint density at radius 1 is 1.59 bits per heavy atom. The number of nitrogens with two attached hydrogens (primary N) is 1. The monoisotopic (exact) mass is 280 g/mol. The molecule has 3 nitrogen and oxygen atoms in total. The first-order chi connectivity index (χ1) is 7.54. The van der Waals surface area contributed by atoms with E-state index in [4.69, 9.17) is 17.3 Å². The molecular formula is C11H15Cl2FN2O. The molecule has 1 rings (SSSR count). The first-order valence-electron chi connectivity index (χ1n) is 5.06. The van der Waals surface area contributed by atoms with Gasteiger partial charge >= 0.3 is 0 Å². The van der Waals surface area contributed by atoms with Crippen LogP contribution in [0, 0.1) is 5.82 Å². The highest BCUT2D eigenvalue weighted by molar-refractivity contribution is 6.30. The normalized spacial score (nSPS) is 11.5. The van der Waals surface area contributed by atoms with Crippen molar-refractivity contribution in [3.8, 4) is 0 Å². The van der Waals surface area contributed by atoms with Gasteiger partial charge in [-0.2, -0.15) is 0 Å². The van der Waals surface area contributed by atoms with Gasteiger partial charge in [-0.15, -0.1) is 12.4 Å². The number of benzene rings is 1. The average Bonchev–Trinajstić information content (AvgIpc) is 2.24. The molecule has 0 bridgehead atoms. The van der Waals surface area contributed by atoms with E-state index >= 15 is 0 Å². The van der Waals surface area contributed by atoms with E-state index in [0.29, 0.717) is 12.1 Å². The van der Waals surface area contributed by atoms with Crippen molar-refractivity contribution < 1.29 is 9.18 Å². The third-order valence-corrected chi connectivity index (χ3v) is 2.43. The van der Waals surface area contributed by atoms with E-state index in [1.54, 1.807) is 0 Å². The van der Waals surface area contributed by atoms with Crippen molar-refractivity contribution in [2.45, 2.75) is 25.8 Å². The fraction of sp³-hybridized carbons (Fsp3) is 0.364. The van der Waals surface area contributed by atoms with Gasteiger partial charge in [0, 0.05) is 5.69 Å². The Bertz CT molecular complexity index is 388. The number of hydrogen-bond donors (Lipinski definition) is 2. The number of nitrogens with one attached hydrogen (secondary N) is 1. The maximum atomic E-state index is 13.1. The quantitative estimate of drug-likeness (QED) is 0.891. The van der Waals surface area contributed by atoms with Crippen molar-refractivity contribution in [1.29, 1.82) is 0 Å². The summed E-state index contributed by atoms with van der Waals surface area (Å²) in [6.45, 7) is 1.94. The van der Waals surface area contributed by atoms with Gasteiger partial charge in [0.15, 0.2) is 0 Å². The Morgan fingerprint density at radius 2 is 2.24 bits per heavy atom. The molecule has 1 aromatic rings. The van der Waals surface area contributed by atoms with Gasteiger partial charge in [-0.25, -0.2) is 4.39 Å². The lowest BCUT2D eigenvalue weighted by molar-refractivity contribution is -0.117. The van der Waals surface area contributed by atoms with Crippen molar-refractivity contribution in [1.82, 2.24) is 0 Å². The molecule has 1 aromatic carbocycles. The Morgan fingerprint density at radius 3 is 2.76 bits per heavy atom. The molecule has 6 heteroatoms. The molecule has 0 saturated carbocycles. The number of rotatable bonds is 4. The molecule has 1 unspecified atom stereocenters. The highest BCUT2D eigenvalue weighted by Crippen LogP contribution is 2.18. The molecule has 0 aliphatic heterocycles. The summed E-state index contributed by atoms with van der Waals surface area (Å²) >= 11 is 5.52. The summed E-state index contributed by atoms with van der Waals surface area (Å²) in [7, 11) is 0. The predicted octanol–water partition coefficient (Wildman–Crippen LogP) is 2.97. The van der Waals surface area contributed by atoms with Crippen LogP contribution in [0.15, 0.2) is 18.2 Å². The van der Waals surface area contributed by atoms with Crippen LogP contribution in [0.25, 0.3) is 0 Å². The van der Waals surface area contributed by atoms with Gasteiger partial charge in [-0.05, 0) is 24.6 Å². The van der Waals surface area contributed by atoms with Gasteiger partial charge in [-0.3, -0.25) is 4.79 Å². The lowest BCUT2D eigenvalue weighted by atomic mass is 10.1. The van der Waals surface area contributed by atoms with Crippen LogP contribution in [0.3, 0.4) is 0 Å². The van der Waals surface area contributed by atoms with Gasteiger partial charge in [0.2, 0.25) is 5.91 Å². The van der Waals surface area contributed by atoms with Crippen LogP contribution in [0.5, 0.6) is 0 Å². The maximum absolute atomic E-state index is 13.1. The van der Waals surface area contributed by atoms with Crippen LogP contribution in [0.4, 0.5) is 10.1 Å². The molecule has 0 aromatic heterocycles. The van der Waals surface area contributed by atoms with Crippen LogP contribution in [0.1, 0.15) is 19.8 Å². The first-order valence-corrected chi connectivity index (χ1v) is 5.44. The predicted molar refractivity (Wildman–Crippen MR) is 70.2 cm³/mol. The standard InChI is InChI=1S/C11H14ClFN2O.ClH/c1-2-3-10(14)11(16)15-7-4-5-8(12)9(13)6-7;/h4-6,10H,2-3,14H2,1H3,(H,15,16);1H. The molecule has 96 valence electrons. The van der Waals surface area contributed by atoms with Crippen LogP contribution in [-0.4, -0.2) is 11.9 Å². The molecule has 0 heterocycles. The van der Waals surface area contributed by atoms with Crippen LogP contribution in [-0.2, 0) is 4.79 Å². The Labute approximate surface area is 111 Å². The van der Waals surface area contributed by atoms with Crippen molar-refractivity contribution in [2.24, 2.45) is 5.73 Å². The summed E-state index contributed by atoms with van der Waals surface area (Å²) in [5.74, 6) is -0.882. The second-order valence-corrected chi connectivity index (χ2v) is 3.92. The molecule has 17 heavy (non-hydrogen) atoms. The van der Waals surface area contributed by atoms with E-state index in [1.807, 2.05) is 6.92 Å². The largest absolute Gasteiger partial charge is 0.325 e. The molecule has 3 N–H and O–H groups in total. The van der Waals surface area contributed by atoms with E-state index in [1.165, 1.54) is 18.2 Å². The van der Waals surface area contributed by atoms with Crippen LogP contribution >= 0.6 is 24.0 Å². The fourth-order valence-electron chi connectivity index (χ4n) is 1.25. The lowest BCUT2D eigenvalue weighted by Gasteiger charge is -2.11. The van der Waals surface area contributed by atoms with E-state index in [0.717, 1.165) is 6.42 Å². The van der Waals surface area contributed by atoms with Gasteiger partial charge in [0.1, 0.15) is 5.82 Å². The van der Waals surface area contributed by atoms with Crippen LogP contribution < -0.4 is 11.1 Å². The maximum Gasteiger partial charge on any atom is 0.241 e. The Hall–Kier alpha value is -0.840. The smallest absolute Gasteiger partial charge is 0.241 e. The lowest BCUT2D eigenvalue weighted by Crippen LogP contribution is -2.35. The minimum absolute atomic E-state index is 0. The first kappa shape index (κ1) is 16.2. The van der Waals surface area contributed by atoms with E-state index in [-0.39, 0.29) is 23.3 Å². The number of amides is 1. The second-order valence-electron chi connectivity index (χ2n) is 3.51. The molecule has 0 saturated heterocycles. The molecular weight excluding hydrogens is 266 g/mol. The van der Waals surface area contributed by atoms with Crippen LogP contribution in [0.2, 0.25) is 5.02 Å². The third-order valence-electron chi connectivity index (χ3n) is 2.12. The average molecular weight is 281 g/mol. The highest BCUT2D eigenvalue weighted by Gasteiger charge is 2.12. The van der Waals surface area contributed by atoms with Crippen molar-refractivity contribution in [3.63, 3.8) is 0 Å².